The van der Waals surface area contributed by atoms with Crippen LogP contribution < -0.4 is 5.32 Å². The van der Waals surface area contributed by atoms with Gasteiger partial charge in [0.1, 0.15) is 12.4 Å². The summed E-state index contributed by atoms with van der Waals surface area (Å²) < 4.78 is 7.30. The molecule has 1 aliphatic heterocycles. The second-order valence-electron chi connectivity index (χ2n) is 6.78. The van der Waals surface area contributed by atoms with Crippen molar-refractivity contribution in [2.75, 3.05) is 11.9 Å². The number of pyridine rings is 1. The van der Waals surface area contributed by atoms with Gasteiger partial charge in [-0.3, -0.25) is 4.98 Å². The Bertz CT molecular complexity index is 785. The number of allylic oxidation sites excluding steroid dienone is 1. The van der Waals surface area contributed by atoms with Crippen molar-refractivity contribution in [3.8, 4) is 0 Å². The molecule has 1 atom stereocenters. The van der Waals surface area contributed by atoms with Crippen molar-refractivity contribution in [2.45, 2.75) is 58.4 Å². The topological polar surface area (TPSA) is 81.9 Å². The molecule has 2 aromatic rings. The van der Waals surface area contributed by atoms with Gasteiger partial charge < -0.3 is 10.1 Å². The van der Waals surface area contributed by atoms with Crippen LogP contribution in [0.5, 0.6) is 0 Å². The van der Waals surface area contributed by atoms with Crippen molar-refractivity contribution in [1.82, 2.24) is 19.7 Å². The summed E-state index contributed by atoms with van der Waals surface area (Å²) in [5.74, 6) is 0.304. The number of anilines is 1. The number of esters is 1. The van der Waals surface area contributed by atoms with Gasteiger partial charge in [-0.1, -0.05) is 39.0 Å². The molecule has 3 rings (SSSR count). The molecule has 0 fully saturated rings. The van der Waals surface area contributed by atoms with Gasteiger partial charge in [-0.2, -0.15) is 10.1 Å². The lowest BCUT2D eigenvalue weighted by Gasteiger charge is -2.28. The molecule has 144 valence electrons. The molecule has 27 heavy (non-hydrogen) atoms. The van der Waals surface area contributed by atoms with Crippen LogP contribution in [0.15, 0.2) is 42.1 Å². The van der Waals surface area contributed by atoms with E-state index in [1.807, 2.05) is 19.1 Å². The summed E-state index contributed by atoms with van der Waals surface area (Å²) in [6.07, 6.45) is 11.8. The lowest BCUT2D eigenvalue weighted by Crippen LogP contribution is -2.29. The van der Waals surface area contributed by atoms with E-state index in [9.17, 15) is 4.79 Å². The Kier molecular flexibility index (Phi) is 6.57. The minimum atomic E-state index is -0.371. The predicted molar refractivity (Wildman–Crippen MR) is 103 cm³/mol. The van der Waals surface area contributed by atoms with Crippen molar-refractivity contribution in [3.63, 3.8) is 0 Å². The fourth-order valence-electron chi connectivity index (χ4n) is 3.33. The zero-order valence-electron chi connectivity index (χ0n) is 16.0. The van der Waals surface area contributed by atoms with Gasteiger partial charge in [-0.25, -0.2) is 9.48 Å². The number of hydrogen-bond donors (Lipinski definition) is 1. The molecule has 1 N–H and O–H groups in total. The second-order valence-corrected chi connectivity index (χ2v) is 6.78. The van der Waals surface area contributed by atoms with Crippen LogP contribution >= 0.6 is 0 Å². The quantitative estimate of drug-likeness (QED) is 0.534. The summed E-state index contributed by atoms with van der Waals surface area (Å²) in [7, 11) is 0. The Morgan fingerprint density at radius 1 is 1.19 bits per heavy atom. The Balaban J connectivity index is 1.69. The third-order valence-corrected chi connectivity index (χ3v) is 4.77. The Morgan fingerprint density at radius 2 is 1.93 bits per heavy atom. The van der Waals surface area contributed by atoms with Gasteiger partial charge in [0.25, 0.3) is 0 Å². The van der Waals surface area contributed by atoms with Crippen molar-refractivity contribution in [1.29, 1.82) is 0 Å². The Hall–Kier alpha value is -2.70. The van der Waals surface area contributed by atoms with Crippen LogP contribution in [0.1, 0.15) is 64.0 Å². The first-order valence-corrected chi connectivity index (χ1v) is 9.66. The average Bonchev–Trinajstić information content (AvgIpc) is 3.14. The molecule has 0 saturated heterocycles. The third-order valence-electron chi connectivity index (χ3n) is 4.77. The van der Waals surface area contributed by atoms with E-state index in [0.717, 1.165) is 24.1 Å². The number of nitrogens with zero attached hydrogens (tertiary/aromatic N) is 4. The molecule has 0 spiro atoms. The zero-order chi connectivity index (χ0) is 19.1. The van der Waals surface area contributed by atoms with Crippen molar-refractivity contribution >= 4 is 11.9 Å². The van der Waals surface area contributed by atoms with Crippen molar-refractivity contribution in [3.05, 3.63) is 47.7 Å². The maximum absolute atomic E-state index is 12.9. The molecule has 0 saturated carbocycles. The number of unbranched alkanes of at least 4 members (excludes halogenated alkanes) is 5. The smallest absolute Gasteiger partial charge is 0.338 e. The highest BCUT2D eigenvalue weighted by molar-refractivity contribution is 5.92. The van der Waals surface area contributed by atoms with Gasteiger partial charge in [0.2, 0.25) is 5.95 Å². The van der Waals surface area contributed by atoms with Crippen LogP contribution in [-0.2, 0) is 9.53 Å². The van der Waals surface area contributed by atoms with E-state index >= 15 is 0 Å². The van der Waals surface area contributed by atoms with E-state index in [-0.39, 0.29) is 12.0 Å². The first kappa shape index (κ1) is 19.1. The number of aromatic nitrogens is 4. The number of carbonyl (C=O) groups is 1. The highest BCUT2D eigenvalue weighted by Crippen LogP contribution is 2.34. The van der Waals surface area contributed by atoms with Crippen LogP contribution in [0.4, 0.5) is 5.95 Å². The minimum Gasteiger partial charge on any atom is -0.462 e. The average molecular weight is 369 g/mol. The van der Waals surface area contributed by atoms with Crippen LogP contribution in [-0.4, -0.2) is 32.3 Å². The largest absolute Gasteiger partial charge is 0.462 e. The molecule has 7 heteroatoms. The molecule has 3 heterocycles. The predicted octanol–water partition coefficient (Wildman–Crippen LogP) is 3.87. The Morgan fingerprint density at radius 3 is 2.70 bits per heavy atom. The number of carbonyl (C=O) groups excluding carboxylic acids is 1. The molecule has 0 radical (unpaired) electrons. The molecule has 0 unspecified atom stereocenters. The van der Waals surface area contributed by atoms with Gasteiger partial charge in [-0.05, 0) is 31.0 Å². The maximum atomic E-state index is 12.9. The molecule has 0 aliphatic carbocycles. The van der Waals surface area contributed by atoms with E-state index in [0.29, 0.717) is 18.1 Å². The van der Waals surface area contributed by atoms with E-state index < -0.39 is 0 Å². The van der Waals surface area contributed by atoms with E-state index in [2.05, 4.69) is 27.3 Å². The monoisotopic (exact) mass is 369 g/mol. The van der Waals surface area contributed by atoms with Crippen molar-refractivity contribution < 1.29 is 9.53 Å². The molecular weight excluding hydrogens is 342 g/mol. The molecular formula is C20H27N5O2. The lowest BCUT2D eigenvalue weighted by atomic mass is 9.96. The summed E-state index contributed by atoms with van der Waals surface area (Å²) in [4.78, 5) is 21.2. The number of ether oxygens (including phenoxy) is 1. The van der Waals surface area contributed by atoms with Gasteiger partial charge in [-0.15, -0.1) is 0 Å². The lowest BCUT2D eigenvalue weighted by molar-refractivity contribution is -0.139. The number of hydrogen-bond acceptors (Lipinski definition) is 6. The fraction of sp³-hybridized carbons (Fsp3) is 0.500. The van der Waals surface area contributed by atoms with Crippen LogP contribution in [0.2, 0.25) is 0 Å². The Labute approximate surface area is 159 Å². The van der Waals surface area contributed by atoms with Crippen LogP contribution in [0.3, 0.4) is 0 Å². The van der Waals surface area contributed by atoms with Crippen molar-refractivity contribution in [2.24, 2.45) is 0 Å². The van der Waals surface area contributed by atoms with Gasteiger partial charge in [0.05, 0.1) is 12.2 Å². The molecule has 7 nitrogen and oxygen atoms in total. The standard InChI is InChI=1S/C20H27N5O2/c1-3-4-5-6-7-8-13-27-19(26)17-15(2)24-20-22-14-23-25(20)18(17)16-9-11-21-12-10-16/h9-12,14,18H,3-8,13H2,1-2H3,(H,22,23,24)/t18-/m1/s1. The summed E-state index contributed by atoms with van der Waals surface area (Å²) in [5.41, 5.74) is 2.22. The highest BCUT2D eigenvalue weighted by Gasteiger charge is 2.34. The summed E-state index contributed by atoms with van der Waals surface area (Å²) in [6.45, 7) is 4.51. The first-order chi connectivity index (χ1) is 13.2. The number of fused-ring (bicyclic) bond motifs is 1. The summed E-state index contributed by atoms with van der Waals surface area (Å²) in [6, 6.07) is 3.40. The zero-order valence-corrected chi connectivity index (χ0v) is 16.0. The maximum Gasteiger partial charge on any atom is 0.338 e. The second kappa shape index (κ2) is 9.30. The number of rotatable bonds is 9. The highest BCUT2D eigenvalue weighted by atomic mass is 16.5. The van der Waals surface area contributed by atoms with E-state index in [4.69, 9.17) is 4.74 Å². The molecule has 1 aliphatic rings. The molecule has 0 aromatic carbocycles. The van der Waals surface area contributed by atoms with Gasteiger partial charge in [0, 0.05) is 18.1 Å². The van der Waals surface area contributed by atoms with Crippen LogP contribution in [0, 0.1) is 0 Å². The van der Waals surface area contributed by atoms with Gasteiger partial charge >= 0.3 is 5.97 Å². The van der Waals surface area contributed by atoms with Crippen LogP contribution in [0.25, 0.3) is 0 Å². The normalized spacial score (nSPS) is 16.0. The number of nitrogens with one attached hydrogen (secondary N) is 1. The fourth-order valence-corrected chi connectivity index (χ4v) is 3.33. The molecule has 2 aromatic heterocycles. The SMILES string of the molecule is CCCCCCCCOC(=O)C1=C(C)Nc2ncnn2[C@@H]1c1ccncc1. The first-order valence-electron chi connectivity index (χ1n) is 9.66. The molecule has 0 amide bonds. The third kappa shape index (κ3) is 4.53. The minimum absolute atomic E-state index is 0.309. The molecule has 0 bridgehead atoms. The van der Waals surface area contributed by atoms with Gasteiger partial charge in [0.15, 0.2) is 0 Å². The summed E-state index contributed by atoms with van der Waals surface area (Å²) >= 11 is 0. The van der Waals surface area contributed by atoms with E-state index in [1.54, 1.807) is 17.1 Å². The summed E-state index contributed by atoms with van der Waals surface area (Å²) in [5, 5.41) is 7.45. The van der Waals surface area contributed by atoms with E-state index in [1.165, 1.54) is 32.0 Å².